The van der Waals surface area contributed by atoms with Crippen LogP contribution in [-0.2, 0) is 11.2 Å². The highest BCUT2D eigenvalue weighted by Crippen LogP contribution is 2.28. The second kappa shape index (κ2) is 6.09. The normalized spacial score (nSPS) is 22.3. The quantitative estimate of drug-likeness (QED) is 0.902. The predicted octanol–water partition coefficient (Wildman–Crippen LogP) is 2.92. The van der Waals surface area contributed by atoms with Gasteiger partial charge < -0.3 is 10.2 Å². The fourth-order valence-electron chi connectivity index (χ4n) is 2.69. The second-order valence-corrected chi connectivity index (χ2v) is 5.88. The van der Waals surface area contributed by atoms with E-state index in [0.717, 1.165) is 17.2 Å². The third-order valence-electron chi connectivity index (χ3n) is 3.91. The van der Waals surface area contributed by atoms with Gasteiger partial charge in [-0.25, -0.2) is 0 Å². The summed E-state index contributed by atoms with van der Waals surface area (Å²) in [4.78, 5) is 13.5. The van der Waals surface area contributed by atoms with E-state index in [4.69, 9.17) is 0 Å². The van der Waals surface area contributed by atoms with Crippen LogP contribution in [0.3, 0.4) is 0 Å². The molecule has 0 aromatic heterocycles. The summed E-state index contributed by atoms with van der Waals surface area (Å²) in [6.07, 6.45) is 4.24. The molecule has 1 fully saturated rings. The van der Waals surface area contributed by atoms with Gasteiger partial charge in [0, 0.05) is 25.8 Å². The number of benzene rings is 1. The first-order chi connectivity index (χ1) is 9.06. The zero-order chi connectivity index (χ0) is 13.8. The summed E-state index contributed by atoms with van der Waals surface area (Å²) in [5.74, 6) is 0.960. The van der Waals surface area contributed by atoms with Crippen LogP contribution in [0, 0.1) is 5.92 Å². The largest absolute Gasteiger partial charge is 0.382 e. The van der Waals surface area contributed by atoms with E-state index in [9.17, 15) is 4.79 Å². The van der Waals surface area contributed by atoms with Crippen LogP contribution in [0.1, 0.15) is 31.7 Å². The molecule has 1 aliphatic carbocycles. The van der Waals surface area contributed by atoms with Crippen molar-refractivity contribution in [2.24, 2.45) is 5.92 Å². The first kappa shape index (κ1) is 13.9. The van der Waals surface area contributed by atoms with Gasteiger partial charge >= 0.3 is 0 Å². The Hall–Kier alpha value is -1.51. The van der Waals surface area contributed by atoms with Crippen LogP contribution < -0.4 is 5.32 Å². The van der Waals surface area contributed by atoms with Gasteiger partial charge in [0.15, 0.2) is 0 Å². The minimum absolute atomic E-state index is 0.147. The minimum atomic E-state index is 0.147. The van der Waals surface area contributed by atoms with Gasteiger partial charge in [0.05, 0.1) is 6.42 Å². The molecule has 1 N–H and O–H groups in total. The number of hydrogen-bond acceptors (Lipinski definition) is 2. The second-order valence-electron chi connectivity index (χ2n) is 5.88. The molecule has 2 atom stereocenters. The molecule has 0 unspecified atom stereocenters. The van der Waals surface area contributed by atoms with E-state index in [-0.39, 0.29) is 5.91 Å². The van der Waals surface area contributed by atoms with E-state index in [1.807, 2.05) is 18.2 Å². The standard InChI is InChI=1S/C16H24N2O/c1-12-8-9-14(10-12)17-15-7-5-4-6-13(15)11-16(19)18(2)3/h4-7,12,14,17H,8-11H2,1-3H3/t12-,14+/m0/s1. The molecule has 0 saturated heterocycles. The van der Waals surface area contributed by atoms with Gasteiger partial charge in [0.25, 0.3) is 0 Å². The van der Waals surface area contributed by atoms with Gasteiger partial charge in [-0.15, -0.1) is 0 Å². The smallest absolute Gasteiger partial charge is 0.226 e. The van der Waals surface area contributed by atoms with Gasteiger partial charge in [0.2, 0.25) is 5.91 Å². The summed E-state index contributed by atoms with van der Waals surface area (Å²) >= 11 is 0. The third-order valence-corrected chi connectivity index (χ3v) is 3.91. The molecule has 0 spiro atoms. The van der Waals surface area contributed by atoms with Crippen LogP contribution in [0.2, 0.25) is 0 Å². The lowest BCUT2D eigenvalue weighted by Gasteiger charge is -2.18. The Morgan fingerprint density at radius 1 is 1.32 bits per heavy atom. The summed E-state index contributed by atoms with van der Waals surface area (Å²) < 4.78 is 0. The third kappa shape index (κ3) is 3.72. The lowest BCUT2D eigenvalue weighted by molar-refractivity contribution is -0.127. The van der Waals surface area contributed by atoms with Crippen molar-refractivity contribution in [2.45, 2.75) is 38.6 Å². The van der Waals surface area contributed by atoms with Crippen molar-refractivity contribution in [3.63, 3.8) is 0 Å². The molecule has 1 aromatic carbocycles. The Morgan fingerprint density at radius 2 is 2.05 bits per heavy atom. The highest BCUT2D eigenvalue weighted by Gasteiger charge is 2.21. The molecule has 104 valence electrons. The number of rotatable bonds is 4. The molecule has 3 nitrogen and oxygen atoms in total. The fraction of sp³-hybridized carbons (Fsp3) is 0.562. The average Bonchev–Trinajstić information content (AvgIpc) is 2.77. The van der Waals surface area contributed by atoms with E-state index >= 15 is 0 Å². The SMILES string of the molecule is C[C@H]1CC[C@@H](Nc2ccccc2CC(=O)N(C)C)C1. The number of nitrogens with zero attached hydrogens (tertiary/aromatic N) is 1. The van der Waals surface area contributed by atoms with Crippen LogP contribution in [0.4, 0.5) is 5.69 Å². The van der Waals surface area contributed by atoms with Gasteiger partial charge in [-0.1, -0.05) is 25.1 Å². The van der Waals surface area contributed by atoms with Crippen LogP contribution >= 0.6 is 0 Å². The molecule has 1 aromatic rings. The summed E-state index contributed by atoms with van der Waals surface area (Å²) in [5, 5.41) is 3.61. The molecule has 0 radical (unpaired) electrons. The lowest BCUT2D eigenvalue weighted by Crippen LogP contribution is -2.24. The maximum absolute atomic E-state index is 11.9. The topological polar surface area (TPSA) is 32.3 Å². The Kier molecular flexibility index (Phi) is 4.46. The fourth-order valence-corrected chi connectivity index (χ4v) is 2.69. The van der Waals surface area contributed by atoms with Crippen LogP contribution in [0.5, 0.6) is 0 Å². The molecule has 1 aliphatic rings. The van der Waals surface area contributed by atoms with Crippen LogP contribution in [-0.4, -0.2) is 30.9 Å². The summed E-state index contributed by atoms with van der Waals surface area (Å²) in [6, 6.07) is 8.72. The van der Waals surface area contributed by atoms with Gasteiger partial charge in [-0.05, 0) is 36.8 Å². The zero-order valence-corrected chi connectivity index (χ0v) is 12.1. The first-order valence-electron chi connectivity index (χ1n) is 7.11. The predicted molar refractivity (Wildman–Crippen MR) is 79.3 cm³/mol. The van der Waals surface area contributed by atoms with Crippen molar-refractivity contribution >= 4 is 11.6 Å². The molecule has 2 rings (SSSR count). The Labute approximate surface area is 116 Å². The molecular weight excluding hydrogens is 236 g/mol. The van der Waals surface area contributed by atoms with Gasteiger partial charge in [0.1, 0.15) is 0 Å². The van der Waals surface area contributed by atoms with Crippen molar-refractivity contribution in [3.05, 3.63) is 29.8 Å². The van der Waals surface area contributed by atoms with Crippen molar-refractivity contribution in [2.75, 3.05) is 19.4 Å². The number of anilines is 1. The molecule has 0 aliphatic heterocycles. The number of amides is 1. The maximum Gasteiger partial charge on any atom is 0.226 e. The average molecular weight is 260 g/mol. The Balaban J connectivity index is 2.05. The molecular formula is C16H24N2O. The Bertz CT molecular complexity index is 442. The van der Waals surface area contributed by atoms with E-state index in [1.54, 1.807) is 19.0 Å². The van der Waals surface area contributed by atoms with E-state index in [0.29, 0.717) is 12.5 Å². The number of hydrogen-bond donors (Lipinski definition) is 1. The molecule has 0 heterocycles. The van der Waals surface area contributed by atoms with E-state index in [1.165, 1.54) is 19.3 Å². The van der Waals surface area contributed by atoms with Gasteiger partial charge in [-0.2, -0.15) is 0 Å². The number of para-hydroxylation sites is 1. The Morgan fingerprint density at radius 3 is 2.68 bits per heavy atom. The highest BCUT2D eigenvalue weighted by atomic mass is 16.2. The molecule has 1 amide bonds. The first-order valence-corrected chi connectivity index (χ1v) is 7.11. The van der Waals surface area contributed by atoms with Crippen molar-refractivity contribution in [1.29, 1.82) is 0 Å². The molecule has 3 heteroatoms. The molecule has 0 bridgehead atoms. The highest BCUT2D eigenvalue weighted by molar-refractivity contribution is 5.80. The number of likely N-dealkylation sites (N-methyl/N-ethyl adjacent to an activating group) is 1. The van der Waals surface area contributed by atoms with Crippen molar-refractivity contribution in [1.82, 2.24) is 4.90 Å². The summed E-state index contributed by atoms with van der Waals surface area (Å²) in [5.41, 5.74) is 2.22. The van der Waals surface area contributed by atoms with Crippen LogP contribution in [0.25, 0.3) is 0 Å². The van der Waals surface area contributed by atoms with E-state index < -0.39 is 0 Å². The van der Waals surface area contributed by atoms with Crippen molar-refractivity contribution < 1.29 is 4.79 Å². The monoisotopic (exact) mass is 260 g/mol. The van der Waals surface area contributed by atoms with Gasteiger partial charge in [-0.3, -0.25) is 4.79 Å². The lowest BCUT2D eigenvalue weighted by atomic mass is 10.1. The van der Waals surface area contributed by atoms with Crippen molar-refractivity contribution in [3.8, 4) is 0 Å². The number of nitrogens with one attached hydrogen (secondary N) is 1. The minimum Gasteiger partial charge on any atom is -0.382 e. The summed E-state index contributed by atoms with van der Waals surface area (Å²) in [6.45, 7) is 2.31. The molecule has 1 saturated carbocycles. The number of carbonyl (C=O) groups excluding carboxylic acids is 1. The number of carbonyl (C=O) groups is 1. The van der Waals surface area contributed by atoms with E-state index in [2.05, 4.69) is 18.3 Å². The van der Waals surface area contributed by atoms with Crippen LogP contribution in [0.15, 0.2) is 24.3 Å². The zero-order valence-electron chi connectivity index (χ0n) is 12.1. The summed E-state index contributed by atoms with van der Waals surface area (Å²) in [7, 11) is 3.61. The molecule has 19 heavy (non-hydrogen) atoms. The maximum atomic E-state index is 11.9.